The van der Waals surface area contributed by atoms with Crippen molar-refractivity contribution in [2.24, 2.45) is 5.73 Å². The summed E-state index contributed by atoms with van der Waals surface area (Å²) >= 11 is 8.26. The standard InChI is InChI=1S/C14H13BrN2O2S2/c1-17(13-5-3-2-4-12(13)14(16)20)21(18,19)11-8-6-10(15)7-9-11/h2-9H,1H3,(H2,16,20). The van der Waals surface area contributed by atoms with Gasteiger partial charge in [0.05, 0.1) is 10.6 Å². The van der Waals surface area contributed by atoms with Crippen LogP contribution in [0.25, 0.3) is 0 Å². The summed E-state index contributed by atoms with van der Waals surface area (Å²) in [6.07, 6.45) is 0. The fourth-order valence-electron chi connectivity index (χ4n) is 1.85. The van der Waals surface area contributed by atoms with Gasteiger partial charge in [0, 0.05) is 17.1 Å². The van der Waals surface area contributed by atoms with Crippen molar-refractivity contribution >= 4 is 48.8 Å². The zero-order valence-electron chi connectivity index (χ0n) is 11.2. The van der Waals surface area contributed by atoms with Crippen molar-refractivity contribution in [3.63, 3.8) is 0 Å². The Labute approximate surface area is 137 Å². The van der Waals surface area contributed by atoms with Gasteiger partial charge >= 0.3 is 0 Å². The molecule has 110 valence electrons. The van der Waals surface area contributed by atoms with E-state index in [0.717, 1.165) is 4.47 Å². The fraction of sp³-hybridized carbons (Fsp3) is 0.0714. The highest BCUT2D eigenvalue weighted by molar-refractivity contribution is 9.10. The number of thiocarbonyl (C=S) groups is 1. The van der Waals surface area contributed by atoms with E-state index >= 15 is 0 Å². The van der Waals surface area contributed by atoms with Crippen LogP contribution in [0.2, 0.25) is 0 Å². The Kier molecular flexibility index (Phi) is 4.65. The molecule has 0 aliphatic carbocycles. The monoisotopic (exact) mass is 384 g/mol. The van der Waals surface area contributed by atoms with E-state index in [1.165, 1.54) is 11.4 Å². The zero-order chi connectivity index (χ0) is 15.6. The summed E-state index contributed by atoms with van der Waals surface area (Å²) in [5.41, 5.74) is 6.63. The van der Waals surface area contributed by atoms with E-state index in [2.05, 4.69) is 15.9 Å². The molecule has 2 aromatic carbocycles. The Morgan fingerprint density at radius 1 is 1.14 bits per heavy atom. The molecule has 0 heterocycles. The molecule has 0 atom stereocenters. The number of anilines is 1. The van der Waals surface area contributed by atoms with Crippen LogP contribution >= 0.6 is 28.1 Å². The predicted octanol–water partition coefficient (Wildman–Crippen LogP) is 2.91. The average Bonchev–Trinajstić information content (AvgIpc) is 2.46. The number of rotatable bonds is 4. The second kappa shape index (κ2) is 6.13. The van der Waals surface area contributed by atoms with Crippen LogP contribution in [0.5, 0.6) is 0 Å². The zero-order valence-corrected chi connectivity index (χ0v) is 14.4. The SMILES string of the molecule is CN(c1ccccc1C(N)=S)S(=O)(=O)c1ccc(Br)cc1. The minimum atomic E-state index is -3.67. The molecule has 0 fully saturated rings. The predicted molar refractivity (Wildman–Crippen MR) is 92.1 cm³/mol. The second-order valence-corrected chi connectivity index (χ2v) is 7.63. The molecule has 0 saturated heterocycles. The molecule has 0 aromatic heterocycles. The van der Waals surface area contributed by atoms with Crippen molar-refractivity contribution in [2.75, 3.05) is 11.4 Å². The van der Waals surface area contributed by atoms with Crippen molar-refractivity contribution in [1.82, 2.24) is 0 Å². The lowest BCUT2D eigenvalue weighted by molar-refractivity contribution is 0.594. The topological polar surface area (TPSA) is 63.4 Å². The molecule has 0 bridgehead atoms. The fourth-order valence-corrected chi connectivity index (χ4v) is 3.50. The number of hydrogen-bond acceptors (Lipinski definition) is 3. The largest absolute Gasteiger partial charge is 0.389 e. The van der Waals surface area contributed by atoms with Crippen molar-refractivity contribution in [1.29, 1.82) is 0 Å². The van der Waals surface area contributed by atoms with E-state index in [1.807, 2.05) is 0 Å². The quantitative estimate of drug-likeness (QED) is 0.823. The van der Waals surface area contributed by atoms with E-state index in [0.29, 0.717) is 11.3 Å². The maximum Gasteiger partial charge on any atom is 0.264 e. The molecule has 0 unspecified atom stereocenters. The normalized spacial score (nSPS) is 11.1. The molecule has 0 spiro atoms. The van der Waals surface area contributed by atoms with E-state index in [4.69, 9.17) is 18.0 Å². The number of para-hydroxylation sites is 1. The molecule has 2 rings (SSSR count). The van der Waals surface area contributed by atoms with Crippen LogP contribution in [0, 0.1) is 0 Å². The Bertz CT molecular complexity index is 774. The molecule has 2 N–H and O–H groups in total. The van der Waals surface area contributed by atoms with Crippen molar-refractivity contribution in [3.05, 3.63) is 58.6 Å². The molecule has 0 aliphatic heterocycles. The van der Waals surface area contributed by atoms with E-state index in [1.54, 1.807) is 48.5 Å². The Morgan fingerprint density at radius 3 is 2.29 bits per heavy atom. The lowest BCUT2D eigenvalue weighted by atomic mass is 10.2. The molecule has 0 saturated carbocycles. The minimum Gasteiger partial charge on any atom is -0.389 e. The highest BCUT2D eigenvalue weighted by atomic mass is 79.9. The molecular weight excluding hydrogens is 372 g/mol. The maximum atomic E-state index is 12.6. The first-order valence-corrected chi connectivity index (χ1v) is 8.61. The van der Waals surface area contributed by atoms with Gasteiger partial charge in [0.25, 0.3) is 10.0 Å². The summed E-state index contributed by atoms with van der Waals surface area (Å²) in [6, 6.07) is 13.3. The van der Waals surface area contributed by atoms with Gasteiger partial charge in [-0.25, -0.2) is 8.42 Å². The summed E-state index contributed by atoms with van der Waals surface area (Å²) in [4.78, 5) is 0.356. The molecule has 4 nitrogen and oxygen atoms in total. The van der Waals surface area contributed by atoms with Gasteiger partial charge in [-0.15, -0.1) is 0 Å². The lowest BCUT2D eigenvalue weighted by Gasteiger charge is -2.22. The van der Waals surface area contributed by atoms with E-state index < -0.39 is 10.0 Å². The van der Waals surface area contributed by atoms with E-state index in [9.17, 15) is 8.42 Å². The number of benzene rings is 2. The van der Waals surface area contributed by atoms with Crippen molar-refractivity contribution in [3.8, 4) is 0 Å². The molecule has 0 amide bonds. The first kappa shape index (κ1) is 15.9. The van der Waals surface area contributed by atoms with Crippen LogP contribution in [-0.2, 0) is 10.0 Å². The first-order chi connectivity index (χ1) is 9.84. The van der Waals surface area contributed by atoms with Gasteiger partial charge in [-0.2, -0.15) is 0 Å². The van der Waals surface area contributed by atoms with Gasteiger partial charge in [0.15, 0.2) is 0 Å². The summed E-state index contributed by atoms with van der Waals surface area (Å²) in [6.45, 7) is 0. The Balaban J connectivity index is 2.51. The van der Waals surface area contributed by atoms with Crippen LogP contribution in [0.15, 0.2) is 57.9 Å². The summed E-state index contributed by atoms with van der Waals surface area (Å²) in [7, 11) is -2.19. The average molecular weight is 385 g/mol. The molecule has 0 aliphatic rings. The highest BCUT2D eigenvalue weighted by Crippen LogP contribution is 2.26. The third-order valence-electron chi connectivity index (χ3n) is 2.98. The van der Waals surface area contributed by atoms with Gasteiger partial charge in [-0.1, -0.05) is 40.3 Å². The molecule has 0 radical (unpaired) electrons. The number of nitrogens with zero attached hydrogens (tertiary/aromatic N) is 1. The van der Waals surface area contributed by atoms with Crippen LogP contribution in [0.1, 0.15) is 5.56 Å². The van der Waals surface area contributed by atoms with Gasteiger partial charge < -0.3 is 5.73 Å². The van der Waals surface area contributed by atoms with Gasteiger partial charge in [-0.05, 0) is 36.4 Å². The molecule has 2 aromatic rings. The number of sulfonamides is 1. The Morgan fingerprint density at radius 2 is 1.71 bits per heavy atom. The number of hydrogen-bond donors (Lipinski definition) is 1. The highest BCUT2D eigenvalue weighted by Gasteiger charge is 2.23. The third-order valence-corrected chi connectivity index (χ3v) is 5.52. The summed E-state index contributed by atoms with van der Waals surface area (Å²) in [5.74, 6) is 0. The second-order valence-electron chi connectivity index (χ2n) is 4.31. The van der Waals surface area contributed by atoms with Crippen LogP contribution in [-0.4, -0.2) is 20.5 Å². The smallest absolute Gasteiger partial charge is 0.264 e. The molecular formula is C14H13BrN2O2S2. The Hall–Kier alpha value is -1.44. The molecule has 21 heavy (non-hydrogen) atoms. The summed E-state index contributed by atoms with van der Waals surface area (Å²) < 4.78 is 27.3. The minimum absolute atomic E-state index is 0.156. The van der Waals surface area contributed by atoms with Crippen LogP contribution in [0.3, 0.4) is 0 Å². The maximum absolute atomic E-state index is 12.6. The van der Waals surface area contributed by atoms with Gasteiger partial charge in [-0.3, -0.25) is 4.31 Å². The lowest BCUT2D eigenvalue weighted by Crippen LogP contribution is -2.28. The van der Waals surface area contributed by atoms with Crippen LogP contribution < -0.4 is 10.0 Å². The molecule has 7 heteroatoms. The third kappa shape index (κ3) is 3.25. The summed E-state index contributed by atoms with van der Waals surface area (Å²) in [5, 5.41) is 0. The van der Waals surface area contributed by atoms with Gasteiger partial charge in [0.1, 0.15) is 4.99 Å². The first-order valence-electron chi connectivity index (χ1n) is 5.97. The van der Waals surface area contributed by atoms with E-state index in [-0.39, 0.29) is 9.88 Å². The van der Waals surface area contributed by atoms with Crippen molar-refractivity contribution < 1.29 is 8.42 Å². The van der Waals surface area contributed by atoms with Gasteiger partial charge in [0.2, 0.25) is 0 Å². The van der Waals surface area contributed by atoms with Crippen LogP contribution in [0.4, 0.5) is 5.69 Å². The number of nitrogens with two attached hydrogens (primary N) is 1. The van der Waals surface area contributed by atoms with Crippen molar-refractivity contribution in [2.45, 2.75) is 4.90 Å². The number of halogens is 1.